The lowest BCUT2D eigenvalue weighted by Crippen LogP contribution is -2.06. The average molecular weight is 177 g/mol. The van der Waals surface area contributed by atoms with Gasteiger partial charge in [-0.05, 0) is 18.7 Å². The van der Waals surface area contributed by atoms with Gasteiger partial charge in [0.05, 0.1) is 17.9 Å². The molecule has 0 radical (unpaired) electrons. The highest BCUT2D eigenvalue weighted by Gasteiger charge is 2.02. The first-order valence-electron chi connectivity index (χ1n) is 4.16. The van der Waals surface area contributed by atoms with E-state index in [2.05, 4.69) is 4.98 Å². The van der Waals surface area contributed by atoms with Crippen LogP contribution in [-0.4, -0.2) is 21.0 Å². The van der Waals surface area contributed by atoms with Crippen molar-refractivity contribution in [1.29, 1.82) is 0 Å². The van der Waals surface area contributed by atoms with Crippen LogP contribution in [0.25, 0.3) is 5.52 Å². The summed E-state index contributed by atoms with van der Waals surface area (Å²) in [5, 5.41) is 9.26. The van der Waals surface area contributed by atoms with Crippen molar-refractivity contribution in [3.05, 3.63) is 30.4 Å². The van der Waals surface area contributed by atoms with Crippen LogP contribution in [0.3, 0.4) is 0 Å². The van der Waals surface area contributed by atoms with Crippen LogP contribution in [-0.2, 0) is 6.42 Å². The van der Waals surface area contributed by atoms with E-state index in [9.17, 15) is 5.11 Å². The molecule has 0 fully saturated rings. The minimum atomic E-state index is 0.240. The Morgan fingerprint density at radius 3 is 3.08 bits per heavy atom. The largest absolute Gasteiger partial charge is 0.506 e. The van der Waals surface area contributed by atoms with Gasteiger partial charge in [-0.3, -0.25) is 4.40 Å². The number of pyridine rings is 1. The molecule has 0 spiro atoms. The molecular formula is C9H11N3O. The van der Waals surface area contributed by atoms with Crippen molar-refractivity contribution < 1.29 is 5.11 Å². The molecule has 2 aromatic rings. The lowest BCUT2D eigenvalue weighted by molar-refractivity contribution is 0.471. The maximum atomic E-state index is 9.26. The Hall–Kier alpha value is -1.55. The van der Waals surface area contributed by atoms with E-state index in [1.807, 2.05) is 10.5 Å². The molecule has 0 atom stereocenters. The zero-order valence-corrected chi connectivity index (χ0v) is 7.14. The maximum absolute atomic E-state index is 9.26. The minimum Gasteiger partial charge on any atom is -0.506 e. The number of hydrogen-bond donors (Lipinski definition) is 2. The van der Waals surface area contributed by atoms with Crippen LogP contribution < -0.4 is 5.73 Å². The fraction of sp³-hybridized carbons (Fsp3) is 0.222. The molecule has 0 aliphatic carbocycles. The normalized spacial score (nSPS) is 10.8. The third-order valence-corrected chi connectivity index (χ3v) is 1.96. The molecule has 4 nitrogen and oxygen atoms in total. The number of nitrogens with zero attached hydrogens (tertiary/aromatic N) is 2. The molecule has 3 N–H and O–H groups in total. The number of nitrogens with two attached hydrogens (primary N) is 1. The van der Waals surface area contributed by atoms with Crippen molar-refractivity contribution in [2.75, 3.05) is 6.54 Å². The lowest BCUT2D eigenvalue weighted by Gasteiger charge is -1.99. The van der Waals surface area contributed by atoms with Gasteiger partial charge in [0, 0.05) is 6.42 Å². The molecule has 0 unspecified atom stereocenters. The Bertz CT molecular complexity index is 422. The Balaban J connectivity index is 2.58. The molecular weight excluding hydrogens is 166 g/mol. The summed E-state index contributed by atoms with van der Waals surface area (Å²) in [6.07, 6.45) is 4.13. The van der Waals surface area contributed by atoms with Crippen molar-refractivity contribution in [2.45, 2.75) is 6.42 Å². The van der Waals surface area contributed by atoms with Gasteiger partial charge in [-0.1, -0.05) is 0 Å². The van der Waals surface area contributed by atoms with E-state index >= 15 is 0 Å². The van der Waals surface area contributed by atoms with Crippen LogP contribution in [0.2, 0.25) is 0 Å². The van der Waals surface area contributed by atoms with Gasteiger partial charge < -0.3 is 10.8 Å². The molecule has 0 saturated heterocycles. The number of aromatic hydroxyl groups is 1. The molecule has 0 aromatic carbocycles. The fourth-order valence-electron chi connectivity index (χ4n) is 1.35. The number of aromatic nitrogens is 2. The van der Waals surface area contributed by atoms with Gasteiger partial charge in [-0.25, -0.2) is 4.98 Å². The zero-order valence-electron chi connectivity index (χ0n) is 7.14. The third-order valence-electron chi connectivity index (χ3n) is 1.96. The molecule has 0 amide bonds. The van der Waals surface area contributed by atoms with E-state index < -0.39 is 0 Å². The predicted molar refractivity (Wildman–Crippen MR) is 49.6 cm³/mol. The highest BCUT2D eigenvalue weighted by Crippen LogP contribution is 2.13. The fourth-order valence-corrected chi connectivity index (χ4v) is 1.35. The molecule has 4 heteroatoms. The van der Waals surface area contributed by atoms with Gasteiger partial charge in [0.1, 0.15) is 11.6 Å². The minimum absolute atomic E-state index is 0.240. The molecule has 0 aliphatic heterocycles. The van der Waals surface area contributed by atoms with Crippen LogP contribution >= 0.6 is 0 Å². The molecule has 2 rings (SSSR count). The molecule has 13 heavy (non-hydrogen) atoms. The second-order valence-electron chi connectivity index (χ2n) is 2.90. The number of rotatable bonds is 2. The molecule has 2 heterocycles. The number of fused-ring (bicyclic) bond motifs is 1. The van der Waals surface area contributed by atoms with Crippen molar-refractivity contribution in [3.63, 3.8) is 0 Å². The standard InChI is InChI=1S/C9H11N3O/c10-4-3-9-11-5-7-1-2-8(13)6-12(7)9/h1-2,5-6,13H,3-4,10H2. The van der Waals surface area contributed by atoms with Crippen molar-refractivity contribution >= 4 is 5.52 Å². The van der Waals surface area contributed by atoms with Gasteiger partial charge in [0.2, 0.25) is 0 Å². The van der Waals surface area contributed by atoms with E-state index in [0.29, 0.717) is 6.54 Å². The predicted octanol–water partition coefficient (Wildman–Crippen LogP) is 0.541. The second-order valence-corrected chi connectivity index (χ2v) is 2.90. The summed E-state index contributed by atoms with van der Waals surface area (Å²) in [6, 6.07) is 3.46. The van der Waals surface area contributed by atoms with E-state index in [1.165, 1.54) is 0 Å². The van der Waals surface area contributed by atoms with Crippen molar-refractivity contribution in [1.82, 2.24) is 9.38 Å². The van der Waals surface area contributed by atoms with Crippen LogP contribution in [0.1, 0.15) is 5.82 Å². The summed E-state index contributed by atoms with van der Waals surface area (Å²) in [6.45, 7) is 0.564. The summed E-state index contributed by atoms with van der Waals surface area (Å²) in [5.41, 5.74) is 6.41. The van der Waals surface area contributed by atoms with Gasteiger partial charge in [-0.2, -0.15) is 0 Å². The van der Waals surface area contributed by atoms with Gasteiger partial charge in [0.15, 0.2) is 0 Å². The van der Waals surface area contributed by atoms with Gasteiger partial charge in [-0.15, -0.1) is 0 Å². The zero-order chi connectivity index (χ0) is 9.26. The van der Waals surface area contributed by atoms with Gasteiger partial charge in [0.25, 0.3) is 0 Å². The first kappa shape index (κ1) is 8.07. The van der Waals surface area contributed by atoms with Crippen molar-refractivity contribution in [3.8, 4) is 5.75 Å². The summed E-state index contributed by atoms with van der Waals surface area (Å²) in [4.78, 5) is 4.20. The van der Waals surface area contributed by atoms with Crippen LogP contribution in [0, 0.1) is 0 Å². The number of hydrogen-bond acceptors (Lipinski definition) is 3. The first-order valence-corrected chi connectivity index (χ1v) is 4.16. The van der Waals surface area contributed by atoms with Crippen LogP contribution in [0.5, 0.6) is 5.75 Å². The highest BCUT2D eigenvalue weighted by molar-refractivity contribution is 5.48. The summed E-state index contributed by atoms with van der Waals surface area (Å²) >= 11 is 0. The summed E-state index contributed by atoms with van der Waals surface area (Å²) < 4.78 is 1.85. The lowest BCUT2D eigenvalue weighted by atomic mass is 10.4. The van der Waals surface area contributed by atoms with E-state index in [1.54, 1.807) is 18.5 Å². The van der Waals surface area contributed by atoms with Crippen LogP contribution in [0.15, 0.2) is 24.5 Å². The first-order chi connectivity index (χ1) is 6.31. The van der Waals surface area contributed by atoms with E-state index in [4.69, 9.17) is 5.73 Å². The smallest absolute Gasteiger partial charge is 0.132 e. The Kier molecular flexibility index (Phi) is 1.90. The molecule has 68 valence electrons. The van der Waals surface area contributed by atoms with E-state index in [-0.39, 0.29) is 5.75 Å². The third kappa shape index (κ3) is 1.36. The van der Waals surface area contributed by atoms with Crippen molar-refractivity contribution in [2.24, 2.45) is 5.73 Å². The number of imidazole rings is 1. The van der Waals surface area contributed by atoms with Gasteiger partial charge >= 0.3 is 0 Å². The second kappa shape index (κ2) is 3.06. The van der Waals surface area contributed by atoms with E-state index in [0.717, 1.165) is 17.8 Å². The molecule has 0 saturated carbocycles. The quantitative estimate of drug-likeness (QED) is 0.703. The topological polar surface area (TPSA) is 63.5 Å². The Morgan fingerprint density at radius 2 is 2.31 bits per heavy atom. The Morgan fingerprint density at radius 1 is 1.46 bits per heavy atom. The molecule has 2 aromatic heterocycles. The maximum Gasteiger partial charge on any atom is 0.132 e. The summed E-state index contributed by atoms with van der Waals surface area (Å²) in [5.74, 6) is 1.12. The molecule has 0 aliphatic rings. The SMILES string of the molecule is NCCc1ncc2ccc(O)cn12. The molecule has 0 bridgehead atoms. The average Bonchev–Trinajstić information content (AvgIpc) is 2.49. The summed E-state index contributed by atoms with van der Waals surface area (Å²) in [7, 11) is 0. The highest BCUT2D eigenvalue weighted by atomic mass is 16.3. The van der Waals surface area contributed by atoms with Crippen LogP contribution in [0.4, 0.5) is 0 Å². The monoisotopic (exact) mass is 177 g/mol. The Labute approximate surface area is 75.6 Å².